The number of hydrogen-bond donors (Lipinski definition) is 4. The maximum absolute atomic E-state index is 12.5. The van der Waals surface area contributed by atoms with E-state index in [1.165, 1.54) is 19.2 Å². The Morgan fingerprint density at radius 2 is 1.60 bits per heavy atom. The minimum Gasteiger partial charge on any atom is -0.507 e. The summed E-state index contributed by atoms with van der Waals surface area (Å²) in [6.45, 7) is -0.733. The van der Waals surface area contributed by atoms with Crippen LogP contribution >= 0.6 is 0 Å². The van der Waals surface area contributed by atoms with Crippen LogP contribution in [0.3, 0.4) is 0 Å². The molecule has 1 atom stereocenters. The molecule has 0 radical (unpaired) electrons. The van der Waals surface area contributed by atoms with Gasteiger partial charge >= 0.3 is 5.97 Å². The zero-order valence-electron chi connectivity index (χ0n) is 16.4. The summed E-state index contributed by atoms with van der Waals surface area (Å²) in [5, 5.41) is 17.0. The molecule has 0 fully saturated rings. The fraction of sp³-hybridized carbons (Fsp3) is 0.238. The summed E-state index contributed by atoms with van der Waals surface area (Å²) in [5.41, 5.74) is 0.830. The van der Waals surface area contributed by atoms with Gasteiger partial charge in [-0.05, 0) is 17.7 Å². The van der Waals surface area contributed by atoms with E-state index in [1.807, 2.05) is 6.07 Å². The van der Waals surface area contributed by atoms with E-state index in [4.69, 9.17) is 0 Å². The van der Waals surface area contributed by atoms with Gasteiger partial charge in [-0.2, -0.15) is 0 Å². The lowest BCUT2D eigenvalue weighted by atomic mass is 10.1. The minimum atomic E-state index is -0.966. The van der Waals surface area contributed by atoms with Crippen LogP contribution < -0.4 is 16.0 Å². The number of esters is 1. The van der Waals surface area contributed by atoms with Crippen molar-refractivity contribution in [2.45, 2.75) is 12.5 Å². The van der Waals surface area contributed by atoms with Crippen molar-refractivity contribution in [3.8, 4) is 5.75 Å². The Morgan fingerprint density at radius 3 is 2.27 bits per heavy atom. The first kappa shape index (κ1) is 22.4. The van der Waals surface area contributed by atoms with Crippen molar-refractivity contribution in [2.75, 3.05) is 20.2 Å². The highest BCUT2D eigenvalue weighted by Crippen LogP contribution is 2.14. The van der Waals surface area contributed by atoms with Gasteiger partial charge in [-0.1, -0.05) is 42.5 Å². The molecule has 0 aliphatic rings. The topological polar surface area (TPSA) is 134 Å². The molecule has 0 heterocycles. The number of phenols is 1. The second-order valence-corrected chi connectivity index (χ2v) is 6.30. The van der Waals surface area contributed by atoms with Gasteiger partial charge in [-0.25, -0.2) is 0 Å². The van der Waals surface area contributed by atoms with Gasteiger partial charge in [-0.3, -0.25) is 19.2 Å². The van der Waals surface area contributed by atoms with Crippen LogP contribution in [0, 0.1) is 0 Å². The van der Waals surface area contributed by atoms with E-state index in [-0.39, 0.29) is 24.3 Å². The Bertz CT molecular complexity index is 901. The number of amides is 3. The SMILES string of the molecule is COC(=O)CNC(=O)C(Cc1ccccc1)NC(=O)CNC(=O)c1ccccc1O. The van der Waals surface area contributed by atoms with E-state index in [2.05, 4.69) is 20.7 Å². The Kier molecular flexibility index (Phi) is 8.37. The Morgan fingerprint density at radius 1 is 0.933 bits per heavy atom. The molecular formula is C21H23N3O6. The average Bonchev–Trinajstić information content (AvgIpc) is 2.76. The molecule has 0 aromatic heterocycles. The molecule has 0 saturated carbocycles. The van der Waals surface area contributed by atoms with Crippen molar-refractivity contribution in [1.82, 2.24) is 16.0 Å². The Labute approximate surface area is 173 Å². The number of phenolic OH excluding ortho intramolecular Hbond substituents is 1. The molecule has 9 nitrogen and oxygen atoms in total. The fourth-order valence-corrected chi connectivity index (χ4v) is 2.58. The summed E-state index contributed by atoms with van der Waals surface area (Å²) in [6, 6.07) is 14.0. The van der Waals surface area contributed by atoms with E-state index < -0.39 is 36.3 Å². The van der Waals surface area contributed by atoms with Crippen molar-refractivity contribution in [1.29, 1.82) is 0 Å². The number of aromatic hydroxyl groups is 1. The summed E-state index contributed by atoms with van der Waals surface area (Å²) < 4.78 is 4.49. The molecule has 30 heavy (non-hydrogen) atoms. The van der Waals surface area contributed by atoms with Crippen LogP contribution in [0.2, 0.25) is 0 Å². The minimum absolute atomic E-state index is 0.0296. The third-order valence-corrected chi connectivity index (χ3v) is 4.13. The van der Waals surface area contributed by atoms with Gasteiger partial charge in [0.25, 0.3) is 5.91 Å². The second-order valence-electron chi connectivity index (χ2n) is 6.30. The normalized spacial score (nSPS) is 11.1. The molecule has 9 heteroatoms. The molecule has 2 rings (SSSR count). The molecule has 2 aromatic rings. The third kappa shape index (κ3) is 6.93. The number of carbonyl (C=O) groups excluding carboxylic acids is 4. The number of hydrogen-bond acceptors (Lipinski definition) is 6. The van der Waals surface area contributed by atoms with Crippen molar-refractivity contribution in [3.63, 3.8) is 0 Å². The van der Waals surface area contributed by atoms with Gasteiger partial charge < -0.3 is 25.8 Å². The lowest BCUT2D eigenvalue weighted by Crippen LogP contribution is -2.51. The van der Waals surface area contributed by atoms with Crippen LogP contribution in [0.25, 0.3) is 0 Å². The smallest absolute Gasteiger partial charge is 0.325 e. The highest BCUT2D eigenvalue weighted by atomic mass is 16.5. The molecule has 0 saturated heterocycles. The van der Waals surface area contributed by atoms with Crippen molar-refractivity contribution < 1.29 is 29.0 Å². The van der Waals surface area contributed by atoms with Crippen LogP contribution in [0.15, 0.2) is 54.6 Å². The molecule has 0 aliphatic carbocycles. The predicted molar refractivity (Wildman–Crippen MR) is 108 cm³/mol. The quantitative estimate of drug-likeness (QED) is 0.432. The summed E-state index contributed by atoms with van der Waals surface area (Å²) in [7, 11) is 1.20. The fourth-order valence-electron chi connectivity index (χ4n) is 2.58. The lowest BCUT2D eigenvalue weighted by molar-refractivity contribution is -0.141. The van der Waals surface area contributed by atoms with Crippen molar-refractivity contribution in [2.24, 2.45) is 0 Å². The van der Waals surface area contributed by atoms with Crippen LogP contribution in [-0.2, 0) is 25.5 Å². The van der Waals surface area contributed by atoms with E-state index >= 15 is 0 Å². The van der Waals surface area contributed by atoms with E-state index in [1.54, 1.807) is 36.4 Å². The molecule has 0 spiro atoms. The molecule has 1 unspecified atom stereocenters. The summed E-state index contributed by atoms with van der Waals surface area (Å²) in [5.74, 6) is -2.63. The van der Waals surface area contributed by atoms with E-state index in [9.17, 15) is 24.3 Å². The van der Waals surface area contributed by atoms with Gasteiger partial charge in [0.1, 0.15) is 18.3 Å². The highest BCUT2D eigenvalue weighted by molar-refractivity contribution is 5.99. The number of carbonyl (C=O) groups is 4. The van der Waals surface area contributed by atoms with Crippen LogP contribution in [-0.4, -0.2) is 55.0 Å². The Balaban J connectivity index is 1.98. The summed E-state index contributed by atoms with van der Waals surface area (Å²) in [4.78, 5) is 48.1. The van der Waals surface area contributed by atoms with Crippen LogP contribution in [0.4, 0.5) is 0 Å². The molecule has 158 valence electrons. The first-order valence-electron chi connectivity index (χ1n) is 9.14. The standard InChI is InChI=1S/C21H23N3O6/c1-30-19(27)13-23-21(29)16(11-14-7-3-2-4-8-14)24-18(26)12-22-20(28)15-9-5-6-10-17(15)25/h2-10,16,25H,11-13H2,1H3,(H,22,28)(H,23,29)(H,24,26). The number of rotatable bonds is 9. The molecule has 0 aliphatic heterocycles. The summed E-state index contributed by atoms with van der Waals surface area (Å²) >= 11 is 0. The number of benzene rings is 2. The molecule has 4 N–H and O–H groups in total. The number of nitrogens with one attached hydrogen (secondary N) is 3. The number of methoxy groups -OCH3 is 1. The molecule has 3 amide bonds. The first-order chi connectivity index (χ1) is 14.4. The van der Waals surface area contributed by atoms with Crippen molar-refractivity contribution >= 4 is 23.7 Å². The average molecular weight is 413 g/mol. The van der Waals surface area contributed by atoms with Crippen LogP contribution in [0.5, 0.6) is 5.75 Å². The van der Waals surface area contributed by atoms with E-state index in [0.717, 1.165) is 5.56 Å². The largest absolute Gasteiger partial charge is 0.507 e. The van der Waals surface area contributed by atoms with Gasteiger partial charge in [-0.15, -0.1) is 0 Å². The second kappa shape index (κ2) is 11.2. The third-order valence-electron chi connectivity index (χ3n) is 4.13. The van der Waals surface area contributed by atoms with Gasteiger partial charge in [0, 0.05) is 6.42 Å². The number of ether oxygens (including phenoxy) is 1. The maximum Gasteiger partial charge on any atom is 0.325 e. The maximum atomic E-state index is 12.5. The zero-order valence-corrected chi connectivity index (χ0v) is 16.4. The summed E-state index contributed by atoms with van der Waals surface area (Å²) in [6.07, 6.45) is 0.188. The number of para-hydroxylation sites is 1. The first-order valence-corrected chi connectivity index (χ1v) is 9.14. The van der Waals surface area contributed by atoms with Gasteiger partial charge in [0.2, 0.25) is 11.8 Å². The molecular weight excluding hydrogens is 390 g/mol. The highest BCUT2D eigenvalue weighted by Gasteiger charge is 2.22. The van der Waals surface area contributed by atoms with Crippen molar-refractivity contribution in [3.05, 3.63) is 65.7 Å². The zero-order chi connectivity index (χ0) is 21.9. The lowest BCUT2D eigenvalue weighted by Gasteiger charge is -2.18. The Hall–Kier alpha value is -3.88. The predicted octanol–water partition coefficient (Wildman–Crippen LogP) is 0.139. The van der Waals surface area contributed by atoms with Gasteiger partial charge in [0.05, 0.1) is 19.2 Å². The van der Waals surface area contributed by atoms with Crippen LogP contribution in [0.1, 0.15) is 15.9 Å². The van der Waals surface area contributed by atoms with E-state index in [0.29, 0.717) is 0 Å². The monoisotopic (exact) mass is 413 g/mol. The molecule has 0 bridgehead atoms. The van der Waals surface area contributed by atoms with Gasteiger partial charge in [0.15, 0.2) is 0 Å². The molecule has 2 aromatic carbocycles.